The van der Waals surface area contributed by atoms with Gasteiger partial charge in [-0.15, -0.1) is 0 Å². The first-order valence-electron chi connectivity index (χ1n) is 12.2. The Morgan fingerprint density at radius 3 is 2.46 bits per heavy atom. The van der Waals surface area contributed by atoms with E-state index in [1.165, 1.54) is 0 Å². The minimum atomic E-state index is -0.348. The van der Waals surface area contributed by atoms with E-state index in [4.69, 9.17) is 16.6 Å². The van der Waals surface area contributed by atoms with Gasteiger partial charge in [-0.2, -0.15) is 0 Å². The van der Waals surface area contributed by atoms with Gasteiger partial charge in [0.2, 0.25) is 5.91 Å². The summed E-state index contributed by atoms with van der Waals surface area (Å²) in [5.41, 5.74) is 4.21. The van der Waals surface area contributed by atoms with E-state index in [0.717, 1.165) is 28.6 Å². The fraction of sp³-hybridized carbons (Fsp3) is 0.0968. The van der Waals surface area contributed by atoms with Crippen molar-refractivity contribution in [2.75, 3.05) is 11.1 Å². The number of halogens is 1. The SMILES string of the molecule is Cc1cccc(-n2c(SCC(=O)Nc3ccc(Cl)cc3C(=O)c3ccccc3)nc3ccccc3c2=O)c1C. The van der Waals surface area contributed by atoms with Crippen LogP contribution in [-0.2, 0) is 4.79 Å². The first kappa shape index (κ1) is 26.4. The number of amides is 1. The molecule has 0 unspecified atom stereocenters. The van der Waals surface area contributed by atoms with Gasteiger partial charge in [0, 0.05) is 16.1 Å². The van der Waals surface area contributed by atoms with Gasteiger partial charge in [0.1, 0.15) is 0 Å². The molecule has 0 spiro atoms. The Kier molecular flexibility index (Phi) is 7.63. The van der Waals surface area contributed by atoms with Crippen LogP contribution in [-0.4, -0.2) is 27.0 Å². The molecule has 1 heterocycles. The lowest BCUT2D eigenvalue weighted by molar-refractivity contribution is -0.113. The Bertz CT molecular complexity index is 1780. The highest BCUT2D eigenvalue weighted by atomic mass is 35.5. The lowest BCUT2D eigenvalue weighted by atomic mass is 10.0. The molecule has 1 amide bonds. The van der Waals surface area contributed by atoms with E-state index in [1.54, 1.807) is 65.2 Å². The maximum Gasteiger partial charge on any atom is 0.266 e. The molecular formula is C31H24ClN3O3S. The van der Waals surface area contributed by atoms with Crippen molar-refractivity contribution in [2.24, 2.45) is 0 Å². The van der Waals surface area contributed by atoms with Gasteiger partial charge < -0.3 is 5.32 Å². The van der Waals surface area contributed by atoms with Crippen molar-refractivity contribution in [3.05, 3.63) is 129 Å². The Hall–Kier alpha value is -4.20. The molecule has 1 N–H and O–H groups in total. The van der Waals surface area contributed by atoms with Gasteiger partial charge in [0.25, 0.3) is 5.56 Å². The molecule has 0 radical (unpaired) electrons. The van der Waals surface area contributed by atoms with E-state index in [-0.39, 0.29) is 23.0 Å². The number of para-hydroxylation sites is 1. The number of carbonyl (C=O) groups is 2. The second kappa shape index (κ2) is 11.3. The van der Waals surface area contributed by atoms with Crippen molar-refractivity contribution in [3.8, 4) is 5.69 Å². The average molecular weight is 554 g/mol. The van der Waals surface area contributed by atoms with E-state index in [9.17, 15) is 14.4 Å². The standard InChI is InChI=1S/C31H24ClN3O3S/c1-19-9-8-14-27(20(19)2)35-30(38)23-12-6-7-13-25(23)34-31(35)39-18-28(36)33-26-16-15-22(32)17-24(26)29(37)21-10-4-3-5-11-21/h3-17H,18H2,1-2H3,(H,33,36). The second-order valence-electron chi connectivity index (χ2n) is 8.99. The molecule has 5 aromatic rings. The highest BCUT2D eigenvalue weighted by molar-refractivity contribution is 7.99. The summed E-state index contributed by atoms with van der Waals surface area (Å²) in [6.07, 6.45) is 0. The van der Waals surface area contributed by atoms with Crippen molar-refractivity contribution in [3.63, 3.8) is 0 Å². The van der Waals surface area contributed by atoms with Crippen LogP contribution < -0.4 is 10.9 Å². The maximum absolute atomic E-state index is 13.6. The molecule has 0 bridgehead atoms. The van der Waals surface area contributed by atoms with Gasteiger partial charge >= 0.3 is 0 Å². The van der Waals surface area contributed by atoms with Crippen LogP contribution in [0.4, 0.5) is 5.69 Å². The molecule has 39 heavy (non-hydrogen) atoms. The number of thioether (sulfide) groups is 1. The molecule has 4 aromatic carbocycles. The van der Waals surface area contributed by atoms with Gasteiger partial charge in [-0.1, -0.05) is 78.0 Å². The third kappa shape index (κ3) is 5.50. The fourth-order valence-corrected chi connectivity index (χ4v) is 5.25. The van der Waals surface area contributed by atoms with Crippen LogP contribution in [0.3, 0.4) is 0 Å². The van der Waals surface area contributed by atoms with E-state index in [0.29, 0.717) is 37.9 Å². The van der Waals surface area contributed by atoms with Crippen molar-refractivity contribution in [2.45, 2.75) is 19.0 Å². The molecule has 8 heteroatoms. The van der Waals surface area contributed by atoms with Crippen LogP contribution in [0.15, 0.2) is 101 Å². The number of aryl methyl sites for hydroxylation is 1. The molecule has 194 valence electrons. The van der Waals surface area contributed by atoms with Crippen molar-refractivity contribution in [1.29, 1.82) is 0 Å². The Morgan fingerprint density at radius 2 is 1.67 bits per heavy atom. The summed E-state index contributed by atoms with van der Waals surface area (Å²) in [6.45, 7) is 3.94. The Labute approximate surface area is 234 Å². The highest BCUT2D eigenvalue weighted by Crippen LogP contribution is 2.27. The van der Waals surface area contributed by atoms with Crippen molar-refractivity contribution >= 4 is 51.6 Å². The molecule has 5 rings (SSSR count). The number of ketones is 1. The van der Waals surface area contributed by atoms with Crippen LogP contribution in [0.2, 0.25) is 5.02 Å². The van der Waals surface area contributed by atoms with Crippen molar-refractivity contribution in [1.82, 2.24) is 9.55 Å². The molecular weight excluding hydrogens is 530 g/mol. The van der Waals surface area contributed by atoms with Crippen LogP contribution in [0, 0.1) is 13.8 Å². The third-order valence-electron chi connectivity index (χ3n) is 6.43. The monoisotopic (exact) mass is 553 g/mol. The van der Waals surface area contributed by atoms with E-state index in [1.807, 2.05) is 44.2 Å². The van der Waals surface area contributed by atoms with Gasteiger partial charge in [-0.05, 0) is 61.4 Å². The topological polar surface area (TPSA) is 81.1 Å². The number of fused-ring (bicyclic) bond motifs is 1. The summed E-state index contributed by atoms with van der Waals surface area (Å²) in [4.78, 5) is 44.6. The molecule has 0 aliphatic rings. The zero-order chi connectivity index (χ0) is 27.5. The summed E-state index contributed by atoms with van der Waals surface area (Å²) in [6, 6.07) is 26.5. The normalized spacial score (nSPS) is 10.9. The Morgan fingerprint density at radius 1 is 0.923 bits per heavy atom. The summed E-state index contributed by atoms with van der Waals surface area (Å²) in [5, 5.41) is 4.12. The first-order valence-corrected chi connectivity index (χ1v) is 13.6. The number of rotatable bonds is 7. The largest absolute Gasteiger partial charge is 0.325 e. The van der Waals surface area contributed by atoms with Crippen LogP contribution in [0.1, 0.15) is 27.0 Å². The first-order chi connectivity index (χ1) is 18.8. The summed E-state index contributed by atoms with van der Waals surface area (Å²) in [7, 11) is 0. The van der Waals surface area contributed by atoms with Gasteiger partial charge in [-0.3, -0.25) is 19.0 Å². The summed E-state index contributed by atoms with van der Waals surface area (Å²) < 4.78 is 1.56. The second-order valence-corrected chi connectivity index (χ2v) is 10.4. The Balaban J connectivity index is 1.46. The molecule has 6 nitrogen and oxygen atoms in total. The molecule has 0 aliphatic carbocycles. The molecule has 1 aromatic heterocycles. The van der Waals surface area contributed by atoms with Crippen LogP contribution >= 0.6 is 23.4 Å². The van der Waals surface area contributed by atoms with Gasteiger partial charge in [-0.25, -0.2) is 4.98 Å². The number of carbonyl (C=O) groups excluding carboxylic acids is 2. The van der Waals surface area contributed by atoms with Crippen LogP contribution in [0.25, 0.3) is 16.6 Å². The molecule has 0 fully saturated rings. The number of hydrogen-bond acceptors (Lipinski definition) is 5. The van der Waals surface area contributed by atoms with Crippen LogP contribution in [0.5, 0.6) is 0 Å². The zero-order valence-electron chi connectivity index (χ0n) is 21.3. The lowest BCUT2D eigenvalue weighted by Gasteiger charge is -2.16. The summed E-state index contributed by atoms with van der Waals surface area (Å²) >= 11 is 7.33. The smallest absolute Gasteiger partial charge is 0.266 e. The number of nitrogens with zero attached hydrogens (tertiary/aromatic N) is 2. The minimum absolute atomic E-state index is 0.0305. The molecule has 0 aliphatic heterocycles. The quantitative estimate of drug-likeness (QED) is 0.139. The maximum atomic E-state index is 13.6. The zero-order valence-corrected chi connectivity index (χ0v) is 22.8. The number of anilines is 1. The van der Waals surface area contributed by atoms with E-state index < -0.39 is 0 Å². The predicted octanol–water partition coefficient (Wildman–Crippen LogP) is 6.62. The third-order valence-corrected chi connectivity index (χ3v) is 7.60. The molecule has 0 atom stereocenters. The van der Waals surface area contributed by atoms with Crippen molar-refractivity contribution < 1.29 is 9.59 Å². The van der Waals surface area contributed by atoms with Gasteiger partial charge in [0.15, 0.2) is 10.9 Å². The number of hydrogen-bond donors (Lipinski definition) is 1. The molecule has 0 saturated heterocycles. The summed E-state index contributed by atoms with van der Waals surface area (Å²) in [5.74, 6) is -0.627. The lowest BCUT2D eigenvalue weighted by Crippen LogP contribution is -2.24. The van der Waals surface area contributed by atoms with E-state index in [2.05, 4.69) is 5.32 Å². The number of benzene rings is 4. The average Bonchev–Trinajstić information content (AvgIpc) is 2.95. The van der Waals surface area contributed by atoms with Gasteiger partial charge in [0.05, 0.1) is 28.0 Å². The predicted molar refractivity (Wildman–Crippen MR) is 157 cm³/mol. The number of aromatic nitrogens is 2. The number of nitrogens with one attached hydrogen (secondary N) is 1. The highest BCUT2D eigenvalue weighted by Gasteiger charge is 2.19. The molecule has 0 saturated carbocycles. The fourth-order valence-electron chi connectivity index (χ4n) is 4.27. The minimum Gasteiger partial charge on any atom is -0.325 e. The van der Waals surface area contributed by atoms with E-state index >= 15 is 0 Å².